The van der Waals surface area contributed by atoms with Crippen LogP contribution in [0.1, 0.15) is 42.9 Å². The fourth-order valence-corrected chi connectivity index (χ4v) is 4.42. The first kappa shape index (κ1) is 19.4. The van der Waals surface area contributed by atoms with Gasteiger partial charge in [-0.1, -0.05) is 24.3 Å². The number of aryl methyl sites for hydroxylation is 1. The fourth-order valence-electron chi connectivity index (χ4n) is 4.42. The van der Waals surface area contributed by atoms with Crippen LogP contribution in [-0.2, 0) is 16.0 Å². The van der Waals surface area contributed by atoms with Crippen LogP contribution in [0.2, 0.25) is 0 Å². The Hall–Kier alpha value is -1.92. The van der Waals surface area contributed by atoms with Crippen molar-refractivity contribution in [2.45, 2.75) is 44.2 Å². The van der Waals surface area contributed by atoms with Crippen molar-refractivity contribution in [2.24, 2.45) is 0 Å². The second-order valence-electron chi connectivity index (χ2n) is 8.51. The molecule has 1 heterocycles. The molecular weight excluding hydrogens is 352 g/mol. The SMILES string of the molecule is CN(C(=O)CN1CCN(CC(=O)NC2CC2)CC1)C1CCCc2ccccc21. The maximum atomic E-state index is 12.9. The molecule has 1 aromatic rings. The molecule has 2 aliphatic carbocycles. The number of hydrogen-bond acceptors (Lipinski definition) is 4. The Morgan fingerprint density at radius 2 is 1.71 bits per heavy atom. The van der Waals surface area contributed by atoms with Crippen LogP contribution in [0.5, 0.6) is 0 Å². The van der Waals surface area contributed by atoms with Gasteiger partial charge in [0, 0.05) is 39.3 Å². The molecule has 1 unspecified atom stereocenters. The van der Waals surface area contributed by atoms with Crippen molar-refractivity contribution in [2.75, 3.05) is 46.3 Å². The predicted octanol–water partition coefficient (Wildman–Crippen LogP) is 1.42. The van der Waals surface area contributed by atoms with Crippen molar-refractivity contribution in [3.05, 3.63) is 35.4 Å². The number of rotatable bonds is 6. The van der Waals surface area contributed by atoms with Crippen molar-refractivity contribution < 1.29 is 9.59 Å². The molecule has 1 aliphatic heterocycles. The number of nitrogens with zero attached hydrogens (tertiary/aromatic N) is 3. The van der Waals surface area contributed by atoms with Crippen molar-refractivity contribution in [3.8, 4) is 0 Å². The molecule has 1 saturated carbocycles. The summed E-state index contributed by atoms with van der Waals surface area (Å²) in [5.41, 5.74) is 2.70. The summed E-state index contributed by atoms with van der Waals surface area (Å²) in [5.74, 6) is 0.337. The van der Waals surface area contributed by atoms with Crippen LogP contribution in [0.3, 0.4) is 0 Å². The van der Waals surface area contributed by atoms with Crippen LogP contribution >= 0.6 is 0 Å². The third-order valence-electron chi connectivity index (χ3n) is 6.33. The standard InChI is InChI=1S/C22H32N4O2/c1-24(20-8-4-6-17-5-2-3-7-19(17)20)22(28)16-26-13-11-25(12-14-26)15-21(27)23-18-9-10-18/h2-3,5,7,18,20H,4,6,8-16H2,1H3,(H,23,27). The Balaban J connectivity index is 1.25. The molecule has 4 rings (SSSR count). The summed E-state index contributed by atoms with van der Waals surface area (Å²) in [6.07, 6.45) is 5.55. The van der Waals surface area contributed by atoms with Gasteiger partial charge in [0.05, 0.1) is 19.1 Å². The molecule has 0 radical (unpaired) electrons. The number of carbonyl (C=O) groups is 2. The summed E-state index contributed by atoms with van der Waals surface area (Å²) in [5, 5.41) is 3.05. The van der Waals surface area contributed by atoms with Crippen LogP contribution in [0.4, 0.5) is 0 Å². The Labute approximate surface area is 167 Å². The van der Waals surface area contributed by atoms with Gasteiger partial charge in [-0.15, -0.1) is 0 Å². The third kappa shape index (κ3) is 4.73. The van der Waals surface area contributed by atoms with Gasteiger partial charge in [-0.2, -0.15) is 0 Å². The molecular formula is C22H32N4O2. The summed E-state index contributed by atoms with van der Waals surface area (Å²) >= 11 is 0. The lowest BCUT2D eigenvalue weighted by Crippen LogP contribution is -2.52. The molecule has 0 aromatic heterocycles. The number of fused-ring (bicyclic) bond motifs is 1. The highest BCUT2D eigenvalue weighted by atomic mass is 16.2. The maximum Gasteiger partial charge on any atom is 0.237 e. The lowest BCUT2D eigenvalue weighted by atomic mass is 9.87. The second-order valence-corrected chi connectivity index (χ2v) is 8.51. The number of piperazine rings is 1. The lowest BCUT2D eigenvalue weighted by molar-refractivity contribution is -0.134. The molecule has 6 heteroatoms. The predicted molar refractivity (Wildman–Crippen MR) is 109 cm³/mol. The van der Waals surface area contributed by atoms with Crippen LogP contribution in [0, 0.1) is 0 Å². The van der Waals surface area contributed by atoms with Gasteiger partial charge in [-0.3, -0.25) is 19.4 Å². The Kier molecular flexibility index (Phi) is 5.97. The van der Waals surface area contributed by atoms with Gasteiger partial charge in [0.1, 0.15) is 0 Å². The molecule has 28 heavy (non-hydrogen) atoms. The number of nitrogens with one attached hydrogen (secondary N) is 1. The van der Waals surface area contributed by atoms with E-state index in [4.69, 9.17) is 0 Å². The van der Waals surface area contributed by atoms with E-state index in [0.29, 0.717) is 19.1 Å². The number of hydrogen-bond donors (Lipinski definition) is 1. The minimum atomic E-state index is 0.141. The van der Waals surface area contributed by atoms with Gasteiger partial charge in [-0.05, 0) is 43.2 Å². The van der Waals surface area contributed by atoms with Crippen molar-refractivity contribution in [1.29, 1.82) is 0 Å². The number of carbonyl (C=O) groups excluding carboxylic acids is 2. The van der Waals surface area contributed by atoms with Gasteiger partial charge in [0.15, 0.2) is 0 Å². The third-order valence-corrected chi connectivity index (χ3v) is 6.33. The van der Waals surface area contributed by atoms with E-state index in [1.807, 2.05) is 11.9 Å². The van der Waals surface area contributed by atoms with Crippen molar-refractivity contribution in [3.63, 3.8) is 0 Å². The first-order chi connectivity index (χ1) is 13.6. The monoisotopic (exact) mass is 384 g/mol. The summed E-state index contributed by atoms with van der Waals surface area (Å²) in [4.78, 5) is 31.2. The molecule has 152 valence electrons. The van der Waals surface area contributed by atoms with Crippen LogP contribution in [0.25, 0.3) is 0 Å². The molecule has 0 spiro atoms. The van der Waals surface area contributed by atoms with E-state index in [-0.39, 0.29) is 17.9 Å². The first-order valence-corrected chi connectivity index (χ1v) is 10.7. The van der Waals surface area contributed by atoms with E-state index in [1.54, 1.807) is 0 Å². The fraction of sp³-hybridized carbons (Fsp3) is 0.636. The molecule has 0 bridgehead atoms. The summed E-state index contributed by atoms with van der Waals surface area (Å²) in [7, 11) is 1.95. The Bertz CT molecular complexity index is 710. The first-order valence-electron chi connectivity index (χ1n) is 10.7. The minimum Gasteiger partial charge on any atom is -0.352 e. The number of benzene rings is 1. The van der Waals surface area contributed by atoms with Crippen LogP contribution < -0.4 is 5.32 Å². The molecule has 6 nitrogen and oxygen atoms in total. The van der Waals surface area contributed by atoms with Gasteiger partial charge in [0.25, 0.3) is 0 Å². The number of amides is 2. The minimum absolute atomic E-state index is 0.141. The van der Waals surface area contributed by atoms with E-state index in [1.165, 1.54) is 11.1 Å². The highest BCUT2D eigenvalue weighted by Crippen LogP contribution is 2.33. The highest BCUT2D eigenvalue weighted by molar-refractivity contribution is 5.79. The zero-order chi connectivity index (χ0) is 19.5. The van der Waals surface area contributed by atoms with E-state index in [9.17, 15) is 9.59 Å². The highest BCUT2D eigenvalue weighted by Gasteiger charge is 2.29. The topological polar surface area (TPSA) is 55.9 Å². The molecule has 1 N–H and O–H groups in total. The quantitative estimate of drug-likeness (QED) is 0.806. The van der Waals surface area contributed by atoms with Gasteiger partial charge < -0.3 is 10.2 Å². The normalized spacial score (nSPS) is 23.1. The average Bonchev–Trinajstić information content (AvgIpc) is 3.52. The van der Waals surface area contributed by atoms with Gasteiger partial charge in [-0.25, -0.2) is 0 Å². The van der Waals surface area contributed by atoms with Crippen molar-refractivity contribution in [1.82, 2.24) is 20.0 Å². The smallest absolute Gasteiger partial charge is 0.237 e. The summed E-state index contributed by atoms with van der Waals surface area (Å²) < 4.78 is 0. The zero-order valence-electron chi connectivity index (χ0n) is 16.9. The van der Waals surface area contributed by atoms with E-state index >= 15 is 0 Å². The van der Waals surface area contributed by atoms with Crippen LogP contribution in [-0.4, -0.2) is 78.9 Å². The number of likely N-dealkylation sites (N-methyl/N-ethyl adjacent to an activating group) is 1. The van der Waals surface area contributed by atoms with Crippen molar-refractivity contribution >= 4 is 11.8 Å². The van der Waals surface area contributed by atoms with E-state index < -0.39 is 0 Å². The molecule has 1 saturated heterocycles. The maximum absolute atomic E-state index is 12.9. The van der Waals surface area contributed by atoms with Crippen LogP contribution in [0.15, 0.2) is 24.3 Å². The molecule has 1 atom stereocenters. The molecule has 1 aromatic carbocycles. The molecule has 3 aliphatic rings. The summed E-state index contributed by atoms with van der Waals surface area (Å²) in [6.45, 7) is 4.34. The van der Waals surface area contributed by atoms with E-state index in [0.717, 1.165) is 58.3 Å². The molecule has 2 amide bonds. The largest absolute Gasteiger partial charge is 0.352 e. The summed E-state index contributed by atoms with van der Waals surface area (Å²) in [6, 6.07) is 9.16. The van der Waals surface area contributed by atoms with Gasteiger partial charge in [0.2, 0.25) is 11.8 Å². The Morgan fingerprint density at radius 3 is 2.43 bits per heavy atom. The molecule has 2 fully saturated rings. The zero-order valence-corrected chi connectivity index (χ0v) is 16.9. The lowest BCUT2D eigenvalue weighted by Gasteiger charge is -2.37. The van der Waals surface area contributed by atoms with Gasteiger partial charge >= 0.3 is 0 Å². The second kappa shape index (κ2) is 8.62. The average molecular weight is 385 g/mol. The van der Waals surface area contributed by atoms with E-state index in [2.05, 4.69) is 39.4 Å². The Morgan fingerprint density at radius 1 is 1.04 bits per heavy atom.